The number of halogens is 1. The van der Waals surface area contributed by atoms with Gasteiger partial charge in [0, 0.05) is 39.5 Å². The number of phenolic OH excluding ortho intramolecular Hbond substituents is 1. The molecule has 3 aliphatic carbocycles. The molecule has 0 aliphatic heterocycles. The van der Waals surface area contributed by atoms with Gasteiger partial charge in [0.25, 0.3) is 5.91 Å². The van der Waals surface area contributed by atoms with E-state index in [0.717, 1.165) is 5.56 Å². The summed E-state index contributed by atoms with van der Waals surface area (Å²) in [6, 6.07) is 9.38. The standard InChI is InChI=1S/C33H37ClN2O8S/c1-32(2,3)18-11-10-16-17(13-45-12-14-6-8-15(34)9-7-14)19-21(26(38)20(16)25(18)37)29(41)33(44)23(27(19)39)24(36(4)5)28(40)22(30(33)42)31(35)43/h6-11,17,19,23-24,27,37-39,42,44H,12-13H2,1-5H3,(H2,35,43)/t17-,19+,23+,24-,27-,33-/m0/s1. The number of hydrogen-bond donors (Lipinski definition) is 6. The van der Waals surface area contributed by atoms with Gasteiger partial charge in [-0.05, 0) is 42.8 Å². The molecule has 0 radical (unpaired) electrons. The Morgan fingerprint density at radius 3 is 2.24 bits per heavy atom. The monoisotopic (exact) mass is 656 g/mol. The van der Waals surface area contributed by atoms with Crippen molar-refractivity contribution < 1.29 is 39.9 Å². The van der Waals surface area contributed by atoms with Crippen molar-refractivity contribution in [2.75, 3.05) is 19.8 Å². The third-order valence-electron chi connectivity index (χ3n) is 9.22. The minimum Gasteiger partial charge on any atom is -0.508 e. The van der Waals surface area contributed by atoms with E-state index in [4.69, 9.17) is 17.3 Å². The van der Waals surface area contributed by atoms with Crippen LogP contribution in [-0.2, 0) is 25.6 Å². The maximum atomic E-state index is 14.4. The largest absolute Gasteiger partial charge is 0.508 e. The first kappa shape index (κ1) is 33.0. The number of rotatable bonds is 6. The van der Waals surface area contributed by atoms with Crippen LogP contribution in [0.4, 0.5) is 0 Å². The molecule has 2 aromatic carbocycles. The van der Waals surface area contributed by atoms with Gasteiger partial charge in [-0.2, -0.15) is 11.8 Å². The van der Waals surface area contributed by atoms with Crippen LogP contribution in [0.1, 0.15) is 48.9 Å². The van der Waals surface area contributed by atoms with Crippen LogP contribution >= 0.6 is 23.4 Å². The van der Waals surface area contributed by atoms with Gasteiger partial charge in [0.15, 0.2) is 11.4 Å². The summed E-state index contributed by atoms with van der Waals surface area (Å²) in [5.41, 5.74) is 2.47. The summed E-state index contributed by atoms with van der Waals surface area (Å²) in [7, 11) is 2.96. The van der Waals surface area contributed by atoms with Gasteiger partial charge < -0.3 is 31.3 Å². The zero-order chi connectivity index (χ0) is 33.3. The quantitative estimate of drug-likeness (QED) is 0.252. The molecule has 6 atom stereocenters. The number of primary amides is 1. The Hall–Kier alpha value is -3.35. The number of likely N-dealkylation sites (N-methyl/N-ethyl adjacent to an activating group) is 1. The molecule has 0 spiro atoms. The van der Waals surface area contributed by atoms with Gasteiger partial charge in [-0.1, -0.05) is 56.6 Å². The summed E-state index contributed by atoms with van der Waals surface area (Å²) < 4.78 is 0. The first-order valence-electron chi connectivity index (χ1n) is 14.5. The fraction of sp³-hybridized carbons (Fsp3) is 0.424. The molecule has 7 N–H and O–H groups in total. The van der Waals surface area contributed by atoms with Gasteiger partial charge in [0.05, 0.1) is 23.6 Å². The van der Waals surface area contributed by atoms with Crippen LogP contribution in [0.25, 0.3) is 5.76 Å². The molecule has 1 amide bonds. The number of hydrogen-bond acceptors (Lipinski definition) is 10. The third kappa shape index (κ3) is 5.05. The molecule has 10 nitrogen and oxygen atoms in total. The normalized spacial score (nSPS) is 28.2. The summed E-state index contributed by atoms with van der Waals surface area (Å²) in [6.07, 6.45) is -1.67. The van der Waals surface area contributed by atoms with E-state index in [1.54, 1.807) is 24.3 Å². The van der Waals surface area contributed by atoms with Crippen molar-refractivity contribution in [3.05, 3.63) is 80.6 Å². The molecule has 0 bridgehead atoms. The van der Waals surface area contributed by atoms with Crippen molar-refractivity contribution in [1.29, 1.82) is 0 Å². The summed E-state index contributed by atoms with van der Waals surface area (Å²) in [5, 5.41) is 59.2. The lowest BCUT2D eigenvalue weighted by atomic mass is 9.54. The van der Waals surface area contributed by atoms with Crippen molar-refractivity contribution in [2.45, 2.75) is 55.6 Å². The third-order valence-corrected chi connectivity index (χ3v) is 10.6. The highest BCUT2D eigenvalue weighted by molar-refractivity contribution is 7.98. The van der Waals surface area contributed by atoms with Crippen LogP contribution in [-0.4, -0.2) is 85.5 Å². The highest BCUT2D eigenvalue weighted by atomic mass is 35.5. The van der Waals surface area contributed by atoms with Crippen molar-refractivity contribution in [1.82, 2.24) is 4.90 Å². The highest BCUT2D eigenvalue weighted by Gasteiger charge is 2.68. The molecule has 240 valence electrons. The second-order valence-corrected chi connectivity index (χ2v) is 14.7. The Morgan fingerprint density at radius 2 is 1.69 bits per heavy atom. The van der Waals surface area contributed by atoms with Crippen LogP contribution < -0.4 is 5.73 Å². The van der Waals surface area contributed by atoms with E-state index in [0.29, 0.717) is 27.7 Å². The molecular formula is C33H37ClN2O8S. The number of nitrogens with two attached hydrogens (primary N) is 1. The van der Waals surface area contributed by atoms with Crippen molar-refractivity contribution in [3.63, 3.8) is 0 Å². The van der Waals surface area contributed by atoms with E-state index in [2.05, 4.69) is 0 Å². The second kappa shape index (κ2) is 11.5. The molecular weight excluding hydrogens is 620 g/mol. The Bertz CT molecular complexity index is 1660. The number of amides is 1. The number of carbonyl (C=O) groups is 3. The number of thioether (sulfide) groups is 1. The second-order valence-electron chi connectivity index (χ2n) is 13.2. The van der Waals surface area contributed by atoms with Crippen LogP contribution in [0, 0.1) is 11.8 Å². The number of fused-ring (bicyclic) bond motifs is 3. The van der Waals surface area contributed by atoms with E-state index in [1.807, 2.05) is 32.9 Å². The molecule has 1 saturated carbocycles. The summed E-state index contributed by atoms with van der Waals surface area (Å²) in [4.78, 5) is 41.6. The molecule has 0 unspecified atom stereocenters. The molecule has 45 heavy (non-hydrogen) atoms. The predicted molar refractivity (Wildman–Crippen MR) is 171 cm³/mol. The highest BCUT2D eigenvalue weighted by Crippen LogP contribution is 2.57. The molecule has 0 saturated heterocycles. The van der Waals surface area contributed by atoms with E-state index < -0.39 is 81.1 Å². The number of aliphatic hydroxyl groups is 4. The van der Waals surface area contributed by atoms with Crippen molar-refractivity contribution in [2.24, 2.45) is 17.6 Å². The van der Waals surface area contributed by atoms with Gasteiger partial charge in [-0.3, -0.25) is 19.3 Å². The topological polar surface area (TPSA) is 182 Å². The number of aliphatic hydroxyl groups excluding tert-OH is 3. The zero-order valence-electron chi connectivity index (χ0n) is 25.5. The number of nitrogens with zero attached hydrogens (tertiary/aromatic N) is 1. The van der Waals surface area contributed by atoms with Gasteiger partial charge in [0.2, 0.25) is 5.78 Å². The average Bonchev–Trinajstić information content (AvgIpc) is 2.94. The lowest BCUT2D eigenvalue weighted by Crippen LogP contribution is -2.70. The fourth-order valence-corrected chi connectivity index (χ4v) is 8.44. The first-order chi connectivity index (χ1) is 20.9. The molecule has 1 fully saturated rings. The molecule has 2 aromatic rings. The smallest absolute Gasteiger partial charge is 0.255 e. The minimum atomic E-state index is -2.97. The van der Waals surface area contributed by atoms with Gasteiger partial charge in [0.1, 0.15) is 22.8 Å². The Morgan fingerprint density at radius 1 is 1.07 bits per heavy atom. The van der Waals surface area contributed by atoms with Crippen LogP contribution in [0.15, 0.2) is 53.3 Å². The fourth-order valence-electron chi connectivity index (χ4n) is 7.12. The number of benzene rings is 2. The molecule has 0 heterocycles. The summed E-state index contributed by atoms with van der Waals surface area (Å²) in [5.74, 6) is -8.27. The van der Waals surface area contributed by atoms with Crippen LogP contribution in [0.2, 0.25) is 5.02 Å². The molecule has 0 aromatic heterocycles. The SMILES string of the molecule is CN(C)[C@@H]1C(=O)C(C(N)=O)=C(O)[C@@]2(O)C(=O)C3=C(O)c4c(ccc(C(C)(C)C)c4O)[C@H](CSCc4ccc(Cl)cc4)[C@H]3[C@H](O)[C@@H]12. The van der Waals surface area contributed by atoms with Crippen LogP contribution in [0.5, 0.6) is 5.75 Å². The number of aromatic hydroxyl groups is 1. The predicted octanol–water partition coefficient (Wildman–Crippen LogP) is 3.36. The molecule has 3 aliphatic rings. The molecule has 12 heteroatoms. The Balaban J connectivity index is 1.73. The number of ketones is 2. The summed E-state index contributed by atoms with van der Waals surface area (Å²) in [6.45, 7) is 5.63. The summed E-state index contributed by atoms with van der Waals surface area (Å²) >= 11 is 7.53. The van der Waals surface area contributed by atoms with E-state index in [-0.39, 0.29) is 11.3 Å². The number of phenols is 1. The molecule has 5 rings (SSSR count). The minimum absolute atomic E-state index is 0.0111. The van der Waals surface area contributed by atoms with Gasteiger partial charge in [-0.15, -0.1) is 0 Å². The Kier molecular flexibility index (Phi) is 8.42. The lowest BCUT2D eigenvalue weighted by Gasteiger charge is -2.54. The Labute approximate surface area is 270 Å². The van der Waals surface area contributed by atoms with Gasteiger partial charge >= 0.3 is 0 Å². The van der Waals surface area contributed by atoms with E-state index in [1.165, 1.54) is 30.8 Å². The van der Waals surface area contributed by atoms with E-state index in [9.17, 15) is 39.9 Å². The van der Waals surface area contributed by atoms with E-state index >= 15 is 0 Å². The maximum Gasteiger partial charge on any atom is 0.255 e. The van der Waals surface area contributed by atoms with Crippen molar-refractivity contribution >= 4 is 46.6 Å². The first-order valence-corrected chi connectivity index (χ1v) is 16.0. The maximum absolute atomic E-state index is 14.4. The lowest BCUT2D eigenvalue weighted by molar-refractivity contribution is -0.169. The number of carbonyl (C=O) groups excluding carboxylic acids is 3. The van der Waals surface area contributed by atoms with Crippen molar-refractivity contribution in [3.8, 4) is 5.75 Å². The van der Waals surface area contributed by atoms with Gasteiger partial charge in [-0.25, -0.2) is 0 Å². The number of Topliss-reactive ketones (excluding diaryl/α,β-unsaturated/α-hetero) is 2. The van der Waals surface area contributed by atoms with Crippen LogP contribution in [0.3, 0.4) is 0 Å². The average molecular weight is 657 g/mol. The zero-order valence-corrected chi connectivity index (χ0v) is 27.1.